The number of benzene rings is 1. The number of nitrogens with two attached hydrogens (primary N) is 1. The first-order chi connectivity index (χ1) is 13.7. The third-order valence-electron chi connectivity index (χ3n) is 5.01. The number of thiophene rings is 1. The Kier molecular flexibility index (Phi) is 10.0. The van der Waals surface area contributed by atoms with Crippen molar-refractivity contribution in [2.75, 3.05) is 33.9 Å². The molecule has 1 fully saturated rings. The Morgan fingerprint density at radius 3 is 2.83 bits per heavy atom. The minimum atomic E-state index is 0. The predicted molar refractivity (Wildman–Crippen MR) is 131 cm³/mol. The molecule has 1 aromatic carbocycles. The molecule has 2 heterocycles. The molecule has 1 unspecified atom stereocenters. The molecule has 0 spiro atoms. The minimum Gasteiger partial charge on any atom is -0.493 e. The zero-order valence-electron chi connectivity index (χ0n) is 17.1. The number of aliphatic imine (C=N–C) groups is 1. The largest absolute Gasteiger partial charge is 0.493 e. The highest BCUT2D eigenvalue weighted by Gasteiger charge is 2.20. The first-order valence-corrected chi connectivity index (χ1v) is 10.6. The van der Waals surface area contributed by atoms with Crippen LogP contribution in [0.15, 0.2) is 40.7 Å². The van der Waals surface area contributed by atoms with E-state index >= 15 is 0 Å². The van der Waals surface area contributed by atoms with Gasteiger partial charge in [0.2, 0.25) is 0 Å². The zero-order valence-corrected chi connectivity index (χ0v) is 20.2. The van der Waals surface area contributed by atoms with Crippen molar-refractivity contribution < 1.29 is 9.47 Å². The molecule has 0 radical (unpaired) electrons. The Hall–Kier alpha value is -1.52. The zero-order chi connectivity index (χ0) is 19.8. The summed E-state index contributed by atoms with van der Waals surface area (Å²) in [6, 6.07) is 10.1. The number of piperidine rings is 1. The van der Waals surface area contributed by atoms with Gasteiger partial charge in [-0.15, -0.1) is 35.3 Å². The Balaban J connectivity index is 0.00000300. The number of nitrogens with one attached hydrogen (secondary N) is 1. The van der Waals surface area contributed by atoms with E-state index in [0.29, 0.717) is 29.9 Å². The Morgan fingerprint density at radius 1 is 1.28 bits per heavy atom. The Morgan fingerprint density at radius 2 is 2.10 bits per heavy atom. The van der Waals surface area contributed by atoms with Crippen molar-refractivity contribution in [1.82, 2.24) is 10.2 Å². The molecule has 1 aromatic heterocycles. The highest BCUT2D eigenvalue weighted by Crippen LogP contribution is 2.27. The van der Waals surface area contributed by atoms with E-state index in [1.54, 1.807) is 14.2 Å². The molecule has 0 amide bonds. The molecule has 1 atom stereocenters. The summed E-state index contributed by atoms with van der Waals surface area (Å²) in [5.41, 5.74) is 7.11. The number of likely N-dealkylation sites (tertiary alicyclic amines) is 1. The second-order valence-electron chi connectivity index (χ2n) is 7.09. The van der Waals surface area contributed by atoms with Crippen molar-refractivity contribution in [3.63, 3.8) is 0 Å². The molecule has 3 N–H and O–H groups in total. The molecule has 1 aliphatic rings. The maximum Gasteiger partial charge on any atom is 0.188 e. The van der Waals surface area contributed by atoms with E-state index in [1.807, 2.05) is 29.5 Å². The van der Waals surface area contributed by atoms with Gasteiger partial charge in [-0.1, -0.05) is 12.1 Å². The molecule has 6 nitrogen and oxygen atoms in total. The summed E-state index contributed by atoms with van der Waals surface area (Å²) in [6.45, 7) is 4.71. The van der Waals surface area contributed by atoms with Gasteiger partial charge in [-0.3, -0.25) is 4.90 Å². The third-order valence-corrected chi connectivity index (χ3v) is 5.88. The molecule has 0 bridgehead atoms. The van der Waals surface area contributed by atoms with Gasteiger partial charge in [0.15, 0.2) is 17.5 Å². The summed E-state index contributed by atoms with van der Waals surface area (Å²) >= 11 is 1.83. The highest BCUT2D eigenvalue weighted by atomic mass is 127. The minimum absolute atomic E-state index is 0. The molecular formula is C21H31IN4O2S. The van der Waals surface area contributed by atoms with Crippen LogP contribution in [0.2, 0.25) is 0 Å². The molecule has 0 aliphatic carbocycles. The Bertz CT molecular complexity index is 770. The second kappa shape index (κ2) is 12.2. The van der Waals surface area contributed by atoms with Crippen LogP contribution in [0.5, 0.6) is 11.5 Å². The second-order valence-corrected chi connectivity index (χ2v) is 8.13. The van der Waals surface area contributed by atoms with E-state index < -0.39 is 0 Å². The van der Waals surface area contributed by atoms with E-state index in [0.717, 1.165) is 25.2 Å². The quantitative estimate of drug-likeness (QED) is 0.310. The van der Waals surface area contributed by atoms with Crippen LogP contribution in [-0.4, -0.2) is 44.7 Å². The van der Waals surface area contributed by atoms with Gasteiger partial charge in [-0.25, -0.2) is 4.99 Å². The summed E-state index contributed by atoms with van der Waals surface area (Å²) in [7, 11) is 3.26. The van der Waals surface area contributed by atoms with Crippen LogP contribution < -0.4 is 20.5 Å². The number of rotatable bonds is 8. The Labute approximate surface area is 194 Å². The van der Waals surface area contributed by atoms with Gasteiger partial charge < -0.3 is 20.5 Å². The average molecular weight is 530 g/mol. The number of ether oxygens (including phenoxy) is 2. The lowest BCUT2D eigenvalue weighted by atomic mass is 9.98. The third kappa shape index (κ3) is 7.35. The summed E-state index contributed by atoms with van der Waals surface area (Å²) in [5, 5.41) is 5.45. The first-order valence-electron chi connectivity index (χ1n) is 9.67. The van der Waals surface area contributed by atoms with Crippen LogP contribution in [-0.2, 0) is 13.1 Å². The number of nitrogens with zero attached hydrogens (tertiary/aromatic N) is 2. The van der Waals surface area contributed by atoms with Gasteiger partial charge in [0.25, 0.3) is 0 Å². The van der Waals surface area contributed by atoms with Crippen LogP contribution in [0.1, 0.15) is 23.3 Å². The first kappa shape index (κ1) is 23.8. The van der Waals surface area contributed by atoms with Crippen molar-refractivity contribution in [1.29, 1.82) is 0 Å². The molecule has 2 aromatic rings. The molecule has 8 heteroatoms. The lowest BCUT2D eigenvalue weighted by molar-refractivity contribution is 0.169. The summed E-state index contributed by atoms with van der Waals surface area (Å²) in [5.74, 6) is 2.51. The summed E-state index contributed by atoms with van der Waals surface area (Å²) in [4.78, 5) is 8.44. The van der Waals surface area contributed by atoms with Crippen molar-refractivity contribution in [2.24, 2.45) is 16.6 Å². The van der Waals surface area contributed by atoms with Crippen molar-refractivity contribution >= 4 is 41.3 Å². The number of hydrogen-bond acceptors (Lipinski definition) is 5. The van der Waals surface area contributed by atoms with E-state index in [4.69, 9.17) is 15.2 Å². The molecule has 160 valence electrons. The van der Waals surface area contributed by atoms with Crippen molar-refractivity contribution in [2.45, 2.75) is 25.9 Å². The topological polar surface area (TPSA) is 72.1 Å². The molecular weight excluding hydrogens is 499 g/mol. The molecule has 0 saturated carbocycles. The summed E-state index contributed by atoms with van der Waals surface area (Å²) < 4.78 is 10.6. The van der Waals surface area contributed by atoms with Crippen molar-refractivity contribution in [3.05, 3.63) is 46.2 Å². The van der Waals surface area contributed by atoms with Gasteiger partial charge in [0, 0.05) is 24.5 Å². The fourth-order valence-electron chi connectivity index (χ4n) is 3.54. The monoisotopic (exact) mass is 530 g/mol. The maximum absolute atomic E-state index is 6.08. The fraction of sp³-hybridized carbons (Fsp3) is 0.476. The van der Waals surface area contributed by atoms with Crippen LogP contribution >= 0.6 is 35.3 Å². The van der Waals surface area contributed by atoms with E-state index in [1.165, 1.54) is 24.3 Å². The van der Waals surface area contributed by atoms with E-state index in [-0.39, 0.29) is 24.0 Å². The standard InChI is InChI=1S/C21H30N4O2S.HI/c1-26-19-8-7-16(11-20(19)27-2)12-23-21(22)24-13-17-5-3-9-25(14-17)15-18-6-4-10-28-18;/h4,6-8,10-11,17H,3,5,9,12-15H2,1-2H3,(H3,22,23,24);1H. The van der Waals surface area contributed by atoms with Gasteiger partial charge in [-0.05, 0) is 54.4 Å². The highest BCUT2D eigenvalue weighted by molar-refractivity contribution is 14.0. The molecule has 1 aliphatic heterocycles. The van der Waals surface area contributed by atoms with Crippen LogP contribution in [0.4, 0.5) is 0 Å². The van der Waals surface area contributed by atoms with Gasteiger partial charge in [-0.2, -0.15) is 0 Å². The number of halogens is 1. The van der Waals surface area contributed by atoms with Gasteiger partial charge >= 0.3 is 0 Å². The predicted octanol–water partition coefficient (Wildman–Crippen LogP) is 3.70. The smallest absolute Gasteiger partial charge is 0.188 e. The van der Waals surface area contributed by atoms with Crippen molar-refractivity contribution in [3.8, 4) is 11.5 Å². The van der Waals surface area contributed by atoms with E-state index in [2.05, 4.69) is 32.7 Å². The fourth-order valence-corrected chi connectivity index (χ4v) is 4.29. The lowest BCUT2D eigenvalue weighted by Gasteiger charge is -2.32. The number of guanidine groups is 1. The van der Waals surface area contributed by atoms with Crippen LogP contribution in [0.3, 0.4) is 0 Å². The molecule has 29 heavy (non-hydrogen) atoms. The van der Waals surface area contributed by atoms with Gasteiger partial charge in [0.1, 0.15) is 0 Å². The SMILES string of the molecule is COc1ccc(CN=C(N)NCC2CCCN(Cc3cccs3)C2)cc1OC.I. The maximum atomic E-state index is 6.08. The molecule has 3 rings (SSSR count). The lowest BCUT2D eigenvalue weighted by Crippen LogP contribution is -2.42. The van der Waals surface area contributed by atoms with Crippen LogP contribution in [0.25, 0.3) is 0 Å². The van der Waals surface area contributed by atoms with Crippen LogP contribution in [0, 0.1) is 5.92 Å². The average Bonchev–Trinajstić information content (AvgIpc) is 3.23. The van der Waals surface area contributed by atoms with Gasteiger partial charge in [0.05, 0.1) is 20.8 Å². The normalized spacial score (nSPS) is 17.4. The number of methoxy groups -OCH3 is 2. The van der Waals surface area contributed by atoms with E-state index in [9.17, 15) is 0 Å². The summed E-state index contributed by atoms with van der Waals surface area (Å²) in [6.07, 6.45) is 2.47. The number of hydrogen-bond donors (Lipinski definition) is 2. The molecule has 1 saturated heterocycles.